The third-order valence-corrected chi connectivity index (χ3v) is 4.85. The van der Waals surface area contributed by atoms with Crippen LogP contribution in [0.4, 0.5) is 0 Å². The maximum absolute atomic E-state index is 12.0. The van der Waals surface area contributed by atoms with Gasteiger partial charge >= 0.3 is 5.97 Å². The first-order valence-corrected chi connectivity index (χ1v) is 8.73. The number of ether oxygens (including phenoxy) is 2. The Morgan fingerprint density at radius 1 is 0.960 bits per heavy atom. The molecule has 0 fully saturated rings. The number of benzene rings is 2. The number of hydrogen-bond acceptors (Lipinski definition) is 6. The van der Waals surface area contributed by atoms with E-state index < -0.39 is 22.6 Å². The van der Waals surface area contributed by atoms with Crippen LogP contribution in [-0.2, 0) is 14.8 Å². The van der Waals surface area contributed by atoms with Gasteiger partial charge in [-0.05, 0) is 55.6 Å². The van der Waals surface area contributed by atoms with Gasteiger partial charge in [0.25, 0.3) is 0 Å². The third kappa shape index (κ3) is 4.65. The third-order valence-electron chi connectivity index (χ3n) is 3.42. The Labute approximate surface area is 145 Å². The predicted molar refractivity (Wildman–Crippen MR) is 90.3 cm³/mol. The first-order valence-electron chi connectivity index (χ1n) is 7.25. The molecule has 2 aromatic rings. The van der Waals surface area contributed by atoms with Gasteiger partial charge in [0.05, 0.1) is 17.6 Å². The summed E-state index contributed by atoms with van der Waals surface area (Å²) in [6.45, 7) is -0.415. The molecule has 0 saturated heterocycles. The topological polar surface area (TPSA) is 98.8 Å². The van der Waals surface area contributed by atoms with E-state index in [1.807, 2.05) is 0 Å². The van der Waals surface area contributed by atoms with Crippen LogP contribution in [0.3, 0.4) is 0 Å². The second kappa shape index (κ2) is 7.91. The van der Waals surface area contributed by atoms with E-state index in [-0.39, 0.29) is 16.2 Å². The summed E-state index contributed by atoms with van der Waals surface area (Å²) in [5.41, 5.74) is 0.543. The molecule has 0 aromatic heterocycles. The maximum atomic E-state index is 12.0. The highest BCUT2D eigenvalue weighted by Crippen LogP contribution is 2.13. The lowest BCUT2D eigenvalue weighted by Gasteiger charge is -2.06. The van der Waals surface area contributed by atoms with E-state index in [0.717, 1.165) is 0 Å². The lowest BCUT2D eigenvalue weighted by atomic mass is 10.1. The van der Waals surface area contributed by atoms with Gasteiger partial charge < -0.3 is 9.47 Å². The zero-order valence-electron chi connectivity index (χ0n) is 13.7. The Bertz CT molecular complexity index is 857. The molecule has 7 nitrogen and oxygen atoms in total. The van der Waals surface area contributed by atoms with E-state index in [1.54, 1.807) is 24.3 Å². The van der Waals surface area contributed by atoms with Crippen LogP contribution in [0.2, 0.25) is 0 Å². The number of nitrogens with one attached hydrogen (secondary N) is 1. The van der Waals surface area contributed by atoms with Gasteiger partial charge in [0.1, 0.15) is 5.75 Å². The second-order valence-electron chi connectivity index (χ2n) is 4.96. The van der Waals surface area contributed by atoms with Crippen LogP contribution >= 0.6 is 0 Å². The van der Waals surface area contributed by atoms with E-state index in [0.29, 0.717) is 11.3 Å². The average molecular weight is 363 g/mol. The summed E-state index contributed by atoms with van der Waals surface area (Å²) < 4.78 is 35.4. The van der Waals surface area contributed by atoms with Crippen molar-refractivity contribution in [2.24, 2.45) is 0 Å². The number of carbonyl (C=O) groups excluding carboxylic acids is 2. The number of esters is 1. The summed E-state index contributed by atoms with van der Waals surface area (Å²) >= 11 is 0. The van der Waals surface area contributed by atoms with E-state index >= 15 is 0 Å². The largest absolute Gasteiger partial charge is 0.497 e. The summed E-state index contributed by atoms with van der Waals surface area (Å²) in [6, 6.07) is 11.6. The van der Waals surface area contributed by atoms with Crippen molar-refractivity contribution in [3.63, 3.8) is 0 Å². The average Bonchev–Trinajstić information content (AvgIpc) is 2.66. The molecule has 0 amide bonds. The minimum absolute atomic E-state index is 0.0286. The highest BCUT2D eigenvalue weighted by Gasteiger charge is 2.15. The van der Waals surface area contributed by atoms with E-state index in [4.69, 9.17) is 9.47 Å². The van der Waals surface area contributed by atoms with Gasteiger partial charge in [0.2, 0.25) is 10.0 Å². The van der Waals surface area contributed by atoms with Crippen LogP contribution < -0.4 is 9.46 Å². The summed E-state index contributed by atoms with van der Waals surface area (Å²) in [6.07, 6.45) is 0. The first kappa shape index (κ1) is 18.6. The zero-order valence-corrected chi connectivity index (χ0v) is 14.5. The number of hydrogen-bond donors (Lipinski definition) is 1. The summed E-state index contributed by atoms with van der Waals surface area (Å²) in [4.78, 5) is 24.0. The van der Waals surface area contributed by atoms with Crippen molar-refractivity contribution in [2.45, 2.75) is 4.90 Å². The van der Waals surface area contributed by atoms with Crippen molar-refractivity contribution < 1.29 is 27.5 Å². The van der Waals surface area contributed by atoms with Crippen molar-refractivity contribution >= 4 is 21.8 Å². The van der Waals surface area contributed by atoms with Crippen LogP contribution in [0.5, 0.6) is 5.75 Å². The fraction of sp³-hybridized carbons (Fsp3) is 0.176. The summed E-state index contributed by atoms with van der Waals surface area (Å²) in [5, 5.41) is 0. The van der Waals surface area contributed by atoms with Crippen LogP contribution in [-0.4, -0.2) is 40.9 Å². The molecule has 0 aliphatic carbocycles. The molecular formula is C17H17NO6S. The summed E-state index contributed by atoms with van der Waals surface area (Å²) in [5.74, 6) is -0.453. The standard InChI is InChI=1S/C17H17NO6S/c1-18-25(21,22)15-9-5-13(6-10-15)17(20)24-11-16(19)12-3-7-14(23-2)8-4-12/h3-10,18H,11H2,1-2H3. The Morgan fingerprint density at radius 2 is 1.52 bits per heavy atom. The van der Waals surface area contributed by atoms with Crippen molar-refractivity contribution in [2.75, 3.05) is 20.8 Å². The summed E-state index contributed by atoms with van der Waals surface area (Å²) in [7, 11) is -0.761. The van der Waals surface area contributed by atoms with Gasteiger partial charge in [-0.25, -0.2) is 17.9 Å². The van der Waals surface area contributed by atoms with E-state index in [9.17, 15) is 18.0 Å². The minimum Gasteiger partial charge on any atom is -0.497 e. The van der Waals surface area contributed by atoms with Gasteiger partial charge in [0, 0.05) is 5.56 Å². The monoisotopic (exact) mass is 363 g/mol. The molecule has 8 heteroatoms. The van der Waals surface area contributed by atoms with Crippen LogP contribution in [0.15, 0.2) is 53.4 Å². The maximum Gasteiger partial charge on any atom is 0.338 e. The fourth-order valence-electron chi connectivity index (χ4n) is 1.96. The van der Waals surface area contributed by atoms with Crippen molar-refractivity contribution in [1.29, 1.82) is 0 Å². The zero-order chi connectivity index (χ0) is 18.4. The Hall–Kier alpha value is -2.71. The van der Waals surface area contributed by atoms with Gasteiger partial charge in [0.15, 0.2) is 12.4 Å². The van der Waals surface area contributed by atoms with Gasteiger partial charge in [-0.1, -0.05) is 0 Å². The van der Waals surface area contributed by atoms with Gasteiger partial charge in [-0.3, -0.25) is 4.79 Å². The van der Waals surface area contributed by atoms with Crippen molar-refractivity contribution in [3.8, 4) is 5.75 Å². The highest BCUT2D eigenvalue weighted by molar-refractivity contribution is 7.89. The van der Waals surface area contributed by atoms with Crippen molar-refractivity contribution in [3.05, 3.63) is 59.7 Å². The molecule has 0 bridgehead atoms. The molecule has 0 saturated carbocycles. The molecule has 0 unspecified atom stereocenters. The molecule has 25 heavy (non-hydrogen) atoms. The number of sulfonamides is 1. The van der Waals surface area contributed by atoms with Gasteiger partial charge in [-0.2, -0.15) is 0 Å². The minimum atomic E-state index is -3.57. The molecule has 0 aliphatic rings. The van der Waals surface area contributed by atoms with Crippen LogP contribution in [0.25, 0.3) is 0 Å². The fourth-order valence-corrected chi connectivity index (χ4v) is 2.69. The molecule has 0 atom stereocenters. The lowest BCUT2D eigenvalue weighted by Crippen LogP contribution is -2.19. The first-order chi connectivity index (χ1) is 11.9. The molecule has 0 heterocycles. The number of rotatable bonds is 7. The molecule has 132 valence electrons. The van der Waals surface area contributed by atoms with E-state index in [2.05, 4.69) is 4.72 Å². The van der Waals surface area contributed by atoms with E-state index in [1.165, 1.54) is 38.4 Å². The Balaban J connectivity index is 1.98. The lowest BCUT2D eigenvalue weighted by molar-refractivity contribution is 0.0474. The van der Waals surface area contributed by atoms with Gasteiger partial charge in [-0.15, -0.1) is 0 Å². The highest BCUT2D eigenvalue weighted by atomic mass is 32.2. The predicted octanol–water partition coefficient (Wildman–Crippen LogP) is 1.64. The molecule has 2 rings (SSSR count). The number of methoxy groups -OCH3 is 1. The molecule has 0 aliphatic heterocycles. The molecule has 2 aromatic carbocycles. The smallest absolute Gasteiger partial charge is 0.338 e. The van der Waals surface area contributed by atoms with Crippen molar-refractivity contribution in [1.82, 2.24) is 4.72 Å². The molecular weight excluding hydrogens is 346 g/mol. The normalized spacial score (nSPS) is 11.0. The molecule has 0 radical (unpaired) electrons. The quantitative estimate of drug-likeness (QED) is 0.593. The van der Waals surface area contributed by atoms with Crippen LogP contribution in [0, 0.1) is 0 Å². The number of Topliss-reactive ketones (excluding diaryl/α,β-unsaturated/α-hetero) is 1. The Morgan fingerprint density at radius 3 is 2.04 bits per heavy atom. The second-order valence-corrected chi connectivity index (χ2v) is 6.85. The SMILES string of the molecule is CNS(=O)(=O)c1ccc(C(=O)OCC(=O)c2ccc(OC)cc2)cc1. The Kier molecular flexibility index (Phi) is 5.89. The van der Waals surface area contributed by atoms with Crippen LogP contribution in [0.1, 0.15) is 20.7 Å². The number of carbonyl (C=O) groups is 2. The molecule has 0 spiro atoms. The number of ketones is 1. The molecule has 1 N–H and O–H groups in total.